The van der Waals surface area contributed by atoms with Crippen molar-refractivity contribution in [2.75, 3.05) is 20.2 Å². The molecule has 1 N–H and O–H groups in total. The average Bonchev–Trinajstić information content (AvgIpc) is 2.88. The normalized spacial score (nSPS) is 32.4. The molecule has 0 spiro atoms. The lowest BCUT2D eigenvalue weighted by Crippen LogP contribution is -2.41. The molecule has 1 aromatic carbocycles. The minimum atomic E-state index is -0.342. The van der Waals surface area contributed by atoms with Gasteiger partial charge in [0.2, 0.25) is 0 Å². The Balaban J connectivity index is 1.77. The molecule has 3 rings (SSSR count). The summed E-state index contributed by atoms with van der Waals surface area (Å²) in [6, 6.07) is 8.54. The molecule has 1 heterocycles. The van der Waals surface area contributed by atoms with Gasteiger partial charge in [-0.3, -0.25) is 4.90 Å². The number of aliphatic hydroxyl groups is 1. The highest BCUT2D eigenvalue weighted by molar-refractivity contribution is 5.32. The van der Waals surface area contributed by atoms with Gasteiger partial charge in [-0.25, -0.2) is 0 Å². The van der Waals surface area contributed by atoms with Crippen LogP contribution < -0.4 is 0 Å². The molecule has 0 bridgehead atoms. The number of likely N-dealkylation sites (tertiary alicyclic amines) is 1. The largest absolute Gasteiger partial charge is 0.387 e. The van der Waals surface area contributed by atoms with Gasteiger partial charge in [0.15, 0.2) is 0 Å². The highest BCUT2D eigenvalue weighted by atomic mass is 16.5. The maximum Gasteiger partial charge on any atom is 0.0947 e. The molecule has 3 atom stereocenters. The van der Waals surface area contributed by atoms with Gasteiger partial charge in [0.25, 0.3) is 0 Å². The fourth-order valence-corrected chi connectivity index (χ4v) is 3.35. The van der Waals surface area contributed by atoms with E-state index >= 15 is 0 Å². The Morgan fingerprint density at radius 2 is 2.11 bits per heavy atom. The number of aliphatic hydroxyl groups excluding tert-OH is 1. The summed E-state index contributed by atoms with van der Waals surface area (Å²) in [6.07, 6.45) is 3.21. The zero-order valence-electron chi connectivity index (χ0n) is 10.9. The SMILES string of the molecule is COC1CCN(C2CCc3ccccc3C2O)C1. The van der Waals surface area contributed by atoms with Crippen LogP contribution in [0.5, 0.6) is 0 Å². The van der Waals surface area contributed by atoms with Crippen molar-refractivity contribution in [3.8, 4) is 0 Å². The van der Waals surface area contributed by atoms with E-state index in [0.29, 0.717) is 6.10 Å². The Morgan fingerprint density at radius 3 is 2.89 bits per heavy atom. The van der Waals surface area contributed by atoms with Crippen LogP contribution in [0.3, 0.4) is 0 Å². The van der Waals surface area contributed by atoms with Crippen LogP contribution in [0.2, 0.25) is 0 Å². The molecular weight excluding hydrogens is 226 g/mol. The number of fused-ring (bicyclic) bond motifs is 1. The molecule has 0 amide bonds. The number of hydrogen-bond donors (Lipinski definition) is 1. The summed E-state index contributed by atoms with van der Waals surface area (Å²) in [4.78, 5) is 2.40. The van der Waals surface area contributed by atoms with E-state index in [2.05, 4.69) is 23.1 Å². The molecule has 1 aliphatic heterocycles. The van der Waals surface area contributed by atoms with Gasteiger partial charge in [-0.05, 0) is 30.4 Å². The second-order valence-electron chi connectivity index (χ2n) is 5.39. The third-order valence-corrected chi connectivity index (χ3v) is 4.43. The number of methoxy groups -OCH3 is 1. The first-order valence-electron chi connectivity index (χ1n) is 6.82. The quantitative estimate of drug-likeness (QED) is 0.864. The van der Waals surface area contributed by atoms with Crippen LogP contribution in [0.1, 0.15) is 30.1 Å². The second kappa shape index (κ2) is 5.00. The summed E-state index contributed by atoms with van der Waals surface area (Å²) in [7, 11) is 1.78. The minimum absolute atomic E-state index is 0.264. The molecule has 1 aliphatic carbocycles. The Hall–Kier alpha value is -0.900. The van der Waals surface area contributed by atoms with Gasteiger partial charge in [-0.2, -0.15) is 0 Å². The fraction of sp³-hybridized carbons (Fsp3) is 0.600. The van der Waals surface area contributed by atoms with Crippen molar-refractivity contribution in [1.82, 2.24) is 4.90 Å². The van der Waals surface area contributed by atoms with Crippen molar-refractivity contribution in [3.63, 3.8) is 0 Å². The number of benzene rings is 1. The van der Waals surface area contributed by atoms with Crippen LogP contribution in [-0.2, 0) is 11.2 Å². The van der Waals surface area contributed by atoms with E-state index in [9.17, 15) is 5.11 Å². The third-order valence-electron chi connectivity index (χ3n) is 4.43. The maximum absolute atomic E-state index is 10.6. The summed E-state index contributed by atoms with van der Waals surface area (Å²) in [6.45, 7) is 2.00. The van der Waals surface area contributed by atoms with Crippen LogP contribution in [0.25, 0.3) is 0 Å². The molecule has 2 aliphatic rings. The van der Waals surface area contributed by atoms with Gasteiger partial charge in [0, 0.05) is 26.2 Å². The molecule has 1 saturated heterocycles. The topological polar surface area (TPSA) is 32.7 Å². The molecule has 0 saturated carbocycles. The van der Waals surface area contributed by atoms with E-state index in [1.54, 1.807) is 7.11 Å². The van der Waals surface area contributed by atoms with Crippen molar-refractivity contribution >= 4 is 0 Å². The van der Waals surface area contributed by atoms with Gasteiger partial charge in [-0.15, -0.1) is 0 Å². The van der Waals surface area contributed by atoms with Gasteiger partial charge < -0.3 is 9.84 Å². The lowest BCUT2D eigenvalue weighted by Gasteiger charge is -2.36. The van der Waals surface area contributed by atoms with Crippen LogP contribution in [0, 0.1) is 0 Å². The number of nitrogens with zero attached hydrogens (tertiary/aromatic N) is 1. The van der Waals surface area contributed by atoms with E-state index in [4.69, 9.17) is 4.74 Å². The molecule has 98 valence electrons. The Kier molecular flexibility index (Phi) is 3.37. The van der Waals surface area contributed by atoms with Crippen molar-refractivity contribution in [1.29, 1.82) is 0 Å². The molecule has 1 aromatic rings. The summed E-state index contributed by atoms with van der Waals surface area (Å²) in [5.74, 6) is 0. The highest BCUT2D eigenvalue weighted by Crippen LogP contribution is 2.34. The molecular formula is C15H21NO2. The first-order chi connectivity index (χ1) is 8.79. The van der Waals surface area contributed by atoms with E-state index in [-0.39, 0.29) is 12.1 Å². The van der Waals surface area contributed by atoms with Crippen molar-refractivity contribution in [2.24, 2.45) is 0 Å². The lowest BCUT2D eigenvalue weighted by atomic mass is 9.85. The van der Waals surface area contributed by atoms with Crippen LogP contribution in [-0.4, -0.2) is 42.4 Å². The highest BCUT2D eigenvalue weighted by Gasteiger charge is 2.35. The second-order valence-corrected chi connectivity index (χ2v) is 5.39. The number of ether oxygens (including phenoxy) is 1. The predicted molar refractivity (Wildman–Crippen MR) is 70.5 cm³/mol. The van der Waals surface area contributed by atoms with Gasteiger partial charge in [0.1, 0.15) is 0 Å². The Morgan fingerprint density at radius 1 is 1.28 bits per heavy atom. The average molecular weight is 247 g/mol. The first kappa shape index (κ1) is 12.2. The molecule has 1 fully saturated rings. The lowest BCUT2D eigenvalue weighted by molar-refractivity contribution is 0.0356. The smallest absolute Gasteiger partial charge is 0.0947 e. The third kappa shape index (κ3) is 2.07. The molecule has 0 aromatic heterocycles. The van der Waals surface area contributed by atoms with E-state index in [0.717, 1.165) is 37.9 Å². The van der Waals surface area contributed by atoms with Crippen molar-refractivity contribution < 1.29 is 9.84 Å². The van der Waals surface area contributed by atoms with Crippen LogP contribution in [0.4, 0.5) is 0 Å². The summed E-state index contributed by atoms with van der Waals surface area (Å²) < 4.78 is 5.41. The van der Waals surface area contributed by atoms with Crippen molar-refractivity contribution in [3.05, 3.63) is 35.4 Å². The predicted octanol–water partition coefficient (Wildman–Crippen LogP) is 1.76. The molecule has 3 nitrogen and oxygen atoms in total. The fourth-order valence-electron chi connectivity index (χ4n) is 3.35. The van der Waals surface area contributed by atoms with Gasteiger partial charge in [0.05, 0.1) is 12.2 Å². The summed E-state index contributed by atoms with van der Waals surface area (Å²) >= 11 is 0. The summed E-state index contributed by atoms with van der Waals surface area (Å²) in [5, 5.41) is 10.6. The standard InChI is InChI=1S/C15H21NO2/c1-18-12-8-9-16(10-12)14-7-6-11-4-2-3-5-13(11)15(14)17/h2-5,12,14-15,17H,6-10H2,1H3. The van der Waals surface area contributed by atoms with Gasteiger partial charge in [-0.1, -0.05) is 24.3 Å². The number of hydrogen-bond acceptors (Lipinski definition) is 3. The van der Waals surface area contributed by atoms with E-state index < -0.39 is 0 Å². The van der Waals surface area contributed by atoms with Crippen molar-refractivity contribution in [2.45, 2.75) is 37.5 Å². The van der Waals surface area contributed by atoms with Gasteiger partial charge >= 0.3 is 0 Å². The van der Waals surface area contributed by atoms with E-state index in [1.807, 2.05) is 6.07 Å². The molecule has 3 unspecified atom stereocenters. The molecule has 18 heavy (non-hydrogen) atoms. The van der Waals surface area contributed by atoms with Crippen LogP contribution >= 0.6 is 0 Å². The zero-order valence-corrected chi connectivity index (χ0v) is 10.9. The molecule has 3 heteroatoms. The van der Waals surface area contributed by atoms with E-state index in [1.165, 1.54) is 5.56 Å². The zero-order chi connectivity index (χ0) is 12.5. The maximum atomic E-state index is 10.6. The Bertz CT molecular complexity index is 421. The summed E-state index contributed by atoms with van der Waals surface area (Å²) in [5.41, 5.74) is 2.43. The first-order valence-corrected chi connectivity index (χ1v) is 6.82. The van der Waals surface area contributed by atoms with Crippen LogP contribution in [0.15, 0.2) is 24.3 Å². The number of rotatable bonds is 2. The Labute approximate surface area is 108 Å². The number of aryl methyl sites for hydroxylation is 1. The molecule has 0 radical (unpaired) electrons. The monoisotopic (exact) mass is 247 g/mol. The minimum Gasteiger partial charge on any atom is -0.387 e.